The molecule has 13 heteroatoms. The Labute approximate surface area is 218 Å². The van der Waals surface area contributed by atoms with Crippen LogP contribution in [0.1, 0.15) is 48.9 Å². The molecule has 194 valence electrons. The van der Waals surface area contributed by atoms with Crippen LogP contribution in [-0.2, 0) is 30.5 Å². The fraction of sp³-hybridized carbons (Fsp3) is 0.292. The maximum absolute atomic E-state index is 13.8. The fourth-order valence-electron chi connectivity index (χ4n) is 4.08. The highest BCUT2D eigenvalue weighted by molar-refractivity contribution is 7.90. The predicted molar refractivity (Wildman–Crippen MR) is 135 cm³/mol. The summed E-state index contributed by atoms with van der Waals surface area (Å²) in [6.07, 6.45) is 4.28. The van der Waals surface area contributed by atoms with E-state index in [1.165, 1.54) is 32.4 Å². The van der Waals surface area contributed by atoms with Gasteiger partial charge in [0, 0.05) is 43.9 Å². The van der Waals surface area contributed by atoms with E-state index in [1.807, 2.05) is 0 Å². The number of ether oxygens (including phenoxy) is 1. The molecule has 0 saturated carbocycles. The predicted octanol–water partition coefficient (Wildman–Crippen LogP) is 2.83. The first-order valence-electron chi connectivity index (χ1n) is 11.1. The SMILES string of the molecule is Cc1ccn(Cc2c(S(C)(=O)=O)ccc(C(=O)c3c(C)nn(C)c3OC(=O)c3cn(C)nc3C)c2Cl)n1. The van der Waals surface area contributed by atoms with Crippen molar-refractivity contribution in [3.63, 3.8) is 0 Å². The van der Waals surface area contributed by atoms with Crippen LogP contribution in [0.25, 0.3) is 0 Å². The lowest BCUT2D eigenvalue weighted by Gasteiger charge is -2.14. The van der Waals surface area contributed by atoms with Crippen molar-refractivity contribution in [2.75, 3.05) is 6.26 Å². The minimum atomic E-state index is -3.67. The van der Waals surface area contributed by atoms with E-state index in [1.54, 1.807) is 47.1 Å². The molecule has 0 aliphatic heterocycles. The standard InChI is InChI=1S/C24H25ClN6O5S/c1-13-9-10-31(26-13)12-18-19(37(6,34)35)8-7-16(21(18)25)22(32)20-15(3)28-30(5)23(20)36-24(33)17-11-29(4)27-14(17)2/h7-11H,12H2,1-6H3. The summed E-state index contributed by atoms with van der Waals surface area (Å²) in [4.78, 5) is 26.6. The summed E-state index contributed by atoms with van der Waals surface area (Å²) in [5.41, 5.74) is 2.07. The van der Waals surface area contributed by atoms with Gasteiger partial charge in [-0.2, -0.15) is 15.3 Å². The number of aryl methyl sites for hydroxylation is 5. The molecule has 0 saturated heterocycles. The number of nitrogens with zero attached hydrogens (tertiary/aromatic N) is 6. The van der Waals surface area contributed by atoms with E-state index >= 15 is 0 Å². The quantitative estimate of drug-likeness (QED) is 0.256. The number of hydrogen-bond donors (Lipinski definition) is 0. The lowest BCUT2D eigenvalue weighted by atomic mass is 10.0. The average Bonchev–Trinajstić information content (AvgIpc) is 3.44. The summed E-state index contributed by atoms with van der Waals surface area (Å²) in [7, 11) is -0.446. The van der Waals surface area contributed by atoms with Crippen molar-refractivity contribution >= 4 is 33.2 Å². The van der Waals surface area contributed by atoms with Crippen LogP contribution in [0.15, 0.2) is 35.5 Å². The monoisotopic (exact) mass is 544 g/mol. The highest BCUT2D eigenvalue weighted by Gasteiger charge is 2.30. The molecular formula is C24H25ClN6O5S. The van der Waals surface area contributed by atoms with Gasteiger partial charge in [-0.3, -0.25) is 14.2 Å². The van der Waals surface area contributed by atoms with E-state index in [0.29, 0.717) is 11.4 Å². The number of hydrogen-bond acceptors (Lipinski definition) is 8. The zero-order valence-corrected chi connectivity index (χ0v) is 22.7. The number of ketones is 1. The van der Waals surface area contributed by atoms with Crippen LogP contribution in [0.2, 0.25) is 5.02 Å². The molecule has 0 amide bonds. The van der Waals surface area contributed by atoms with E-state index in [0.717, 1.165) is 11.9 Å². The maximum Gasteiger partial charge on any atom is 0.348 e. The highest BCUT2D eigenvalue weighted by atomic mass is 35.5. The molecule has 0 spiro atoms. The molecule has 3 aromatic heterocycles. The van der Waals surface area contributed by atoms with Crippen LogP contribution in [0.5, 0.6) is 5.88 Å². The summed E-state index contributed by atoms with van der Waals surface area (Å²) in [6, 6.07) is 4.46. The fourth-order valence-corrected chi connectivity index (χ4v) is 5.38. The number of sulfone groups is 1. The molecule has 0 radical (unpaired) electrons. The van der Waals surface area contributed by atoms with Gasteiger partial charge in [-0.05, 0) is 39.0 Å². The number of halogens is 1. The second kappa shape index (κ2) is 9.60. The second-order valence-electron chi connectivity index (χ2n) is 8.74. The Morgan fingerprint density at radius 3 is 2.27 bits per heavy atom. The first-order chi connectivity index (χ1) is 17.3. The Morgan fingerprint density at radius 1 is 1.00 bits per heavy atom. The van der Waals surface area contributed by atoms with Gasteiger partial charge in [0.25, 0.3) is 0 Å². The Kier molecular flexibility index (Phi) is 6.82. The zero-order chi connectivity index (χ0) is 27.2. The molecule has 0 unspecified atom stereocenters. The van der Waals surface area contributed by atoms with Gasteiger partial charge in [-0.1, -0.05) is 11.6 Å². The van der Waals surface area contributed by atoms with Gasteiger partial charge in [0.05, 0.1) is 33.5 Å². The largest absolute Gasteiger partial charge is 0.403 e. The molecule has 11 nitrogen and oxygen atoms in total. The third-order valence-electron chi connectivity index (χ3n) is 5.76. The number of rotatable bonds is 7. The smallest absolute Gasteiger partial charge is 0.348 e. The van der Waals surface area contributed by atoms with E-state index in [9.17, 15) is 18.0 Å². The number of carbonyl (C=O) groups excluding carboxylic acids is 2. The Morgan fingerprint density at radius 2 is 1.70 bits per heavy atom. The second-order valence-corrected chi connectivity index (χ2v) is 11.1. The molecule has 0 fully saturated rings. The summed E-state index contributed by atoms with van der Waals surface area (Å²) < 4.78 is 34.9. The first kappa shape index (κ1) is 26.3. The van der Waals surface area contributed by atoms with Crippen LogP contribution < -0.4 is 4.74 Å². The Balaban J connectivity index is 1.80. The molecule has 0 atom stereocenters. The lowest BCUT2D eigenvalue weighted by molar-refractivity contribution is 0.0717. The minimum Gasteiger partial charge on any atom is -0.403 e. The Hall–Kier alpha value is -3.77. The highest BCUT2D eigenvalue weighted by Crippen LogP contribution is 2.33. The van der Waals surface area contributed by atoms with Crippen LogP contribution >= 0.6 is 11.6 Å². The lowest BCUT2D eigenvalue weighted by Crippen LogP contribution is -2.15. The summed E-state index contributed by atoms with van der Waals surface area (Å²) in [5.74, 6) is -1.33. The number of benzene rings is 1. The number of carbonyl (C=O) groups is 2. The van der Waals surface area contributed by atoms with Crippen molar-refractivity contribution in [1.29, 1.82) is 0 Å². The molecule has 3 heterocycles. The summed E-state index contributed by atoms with van der Waals surface area (Å²) in [6.45, 7) is 5.11. The van der Waals surface area contributed by atoms with E-state index in [4.69, 9.17) is 16.3 Å². The molecule has 1 aromatic carbocycles. The molecule has 0 N–H and O–H groups in total. The van der Waals surface area contributed by atoms with Gasteiger partial charge in [0.1, 0.15) is 11.1 Å². The third-order valence-corrected chi connectivity index (χ3v) is 7.37. The number of aromatic nitrogens is 6. The molecule has 37 heavy (non-hydrogen) atoms. The third kappa shape index (κ3) is 5.07. The van der Waals surface area contributed by atoms with Gasteiger partial charge in [-0.25, -0.2) is 17.9 Å². The van der Waals surface area contributed by atoms with Gasteiger partial charge in [-0.15, -0.1) is 0 Å². The maximum atomic E-state index is 13.8. The Bertz CT molecular complexity index is 1660. The van der Waals surface area contributed by atoms with Crippen molar-refractivity contribution in [1.82, 2.24) is 29.3 Å². The van der Waals surface area contributed by atoms with Crippen LogP contribution in [0, 0.1) is 20.8 Å². The zero-order valence-electron chi connectivity index (χ0n) is 21.1. The molecule has 0 aliphatic rings. The van der Waals surface area contributed by atoms with Crippen molar-refractivity contribution in [3.8, 4) is 5.88 Å². The van der Waals surface area contributed by atoms with Crippen LogP contribution in [-0.4, -0.2) is 55.8 Å². The first-order valence-corrected chi connectivity index (χ1v) is 13.4. The molecule has 0 aliphatic carbocycles. The molecule has 4 aromatic rings. The van der Waals surface area contributed by atoms with Crippen molar-refractivity contribution in [2.45, 2.75) is 32.2 Å². The molecule has 0 bridgehead atoms. The van der Waals surface area contributed by atoms with Gasteiger partial charge < -0.3 is 4.74 Å². The van der Waals surface area contributed by atoms with E-state index < -0.39 is 21.6 Å². The van der Waals surface area contributed by atoms with E-state index in [2.05, 4.69) is 15.3 Å². The van der Waals surface area contributed by atoms with E-state index in [-0.39, 0.29) is 44.6 Å². The summed E-state index contributed by atoms with van der Waals surface area (Å²) >= 11 is 6.69. The number of esters is 1. The molecule has 4 rings (SSSR count). The molecular weight excluding hydrogens is 520 g/mol. The van der Waals surface area contributed by atoms with Crippen molar-refractivity contribution in [2.24, 2.45) is 14.1 Å². The van der Waals surface area contributed by atoms with Crippen LogP contribution in [0.4, 0.5) is 0 Å². The van der Waals surface area contributed by atoms with Crippen molar-refractivity contribution < 1.29 is 22.7 Å². The van der Waals surface area contributed by atoms with Gasteiger partial charge in [0.2, 0.25) is 11.7 Å². The van der Waals surface area contributed by atoms with Crippen molar-refractivity contribution in [3.05, 3.63) is 75.0 Å². The average molecular weight is 545 g/mol. The van der Waals surface area contributed by atoms with Gasteiger partial charge in [0.15, 0.2) is 9.84 Å². The van der Waals surface area contributed by atoms with Crippen LogP contribution in [0.3, 0.4) is 0 Å². The summed E-state index contributed by atoms with van der Waals surface area (Å²) in [5, 5.41) is 12.7. The minimum absolute atomic E-state index is 0.0104. The normalized spacial score (nSPS) is 11.6. The van der Waals surface area contributed by atoms with Gasteiger partial charge >= 0.3 is 5.97 Å². The topological polar surface area (TPSA) is 131 Å².